The van der Waals surface area contributed by atoms with Gasteiger partial charge < -0.3 is 10.1 Å². The van der Waals surface area contributed by atoms with E-state index < -0.39 is 11.2 Å². The summed E-state index contributed by atoms with van der Waals surface area (Å²) in [6, 6.07) is 21.4. The van der Waals surface area contributed by atoms with Gasteiger partial charge in [-0.15, -0.1) is 10.2 Å². The molecule has 33 heavy (non-hydrogen) atoms. The molecule has 0 aliphatic carbocycles. The molecule has 1 atom stereocenters. The van der Waals surface area contributed by atoms with E-state index in [0.29, 0.717) is 33.1 Å². The predicted octanol–water partition coefficient (Wildman–Crippen LogP) is 5.90. The third kappa shape index (κ3) is 4.46. The molecule has 1 aliphatic rings. The van der Waals surface area contributed by atoms with Crippen LogP contribution in [0.4, 0.5) is 11.4 Å². The molecule has 1 unspecified atom stereocenters. The molecule has 5 rings (SSSR count). The van der Waals surface area contributed by atoms with Gasteiger partial charge in [0.2, 0.25) is 11.0 Å². The molecule has 1 aliphatic heterocycles. The summed E-state index contributed by atoms with van der Waals surface area (Å²) in [5.41, 5.74) is 3.82. The third-order valence-corrected chi connectivity index (χ3v) is 6.31. The van der Waals surface area contributed by atoms with E-state index in [1.807, 2.05) is 48.5 Å². The Morgan fingerprint density at radius 2 is 1.79 bits per heavy atom. The summed E-state index contributed by atoms with van der Waals surface area (Å²) in [6.45, 7) is 0. The Balaban J connectivity index is 1.48. The summed E-state index contributed by atoms with van der Waals surface area (Å²) in [5.74, 6) is 0.910. The molecule has 1 N–H and O–H groups in total. The SMILES string of the molecule is O=[N+]([O-])c1ccc(C2Nc3ccccc3-c3nnc(SCc4ccccc4Cl)nc3O2)cc1. The second-order valence-corrected chi connectivity index (χ2v) is 8.51. The van der Waals surface area contributed by atoms with Gasteiger partial charge in [0, 0.05) is 39.7 Å². The average Bonchev–Trinajstić information content (AvgIpc) is 3.00. The van der Waals surface area contributed by atoms with Crippen LogP contribution < -0.4 is 10.1 Å². The van der Waals surface area contributed by atoms with Crippen molar-refractivity contribution in [2.75, 3.05) is 5.32 Å². The molecule has 0 saturated heterocycles. The highest BCUT2D eigenvalue weighted by Crippen LogP contribution is 2.40. The fourth-order valence-corrected chi connectivity index (χ4v) is 4.45. The normalized spacial score (nSPS) is 14.3. The number of anilines is 1. The van der Waals surface area contributed by atoms with Gasteiger partial charge in [-0.3, -0.25) is 10.1 Å². The van der Waals surface area contributed by atoms with Crippen LogP contribution in [0.1, 0.15) is 17.4 Å². The van der Waals surface area contributed by atoms with Crippen molar-refractivity contribution >= 4 is 34.7 Å². The van der Waals surface area contributed by atoms with Crippen LogP contribution >= 0.6 is 23.4 Å². The fourth-order valence-electron chi connectivity index (χ4n) is 3.39. The first kappa shape index (κ1) is 21.2. The number of non-ortho nitro benzene ring substituents is 1. The van der Waals surface area contributed by atoms with E-state index in [0.717, 1.165) is 16.8 Å². The minimum atomic E-state index is -0.619. The highest BCUT2D eigenvalue weighted by molar-refractivity contribution is 7.98. The molecule has 3 aromatic carbocycles. The standard InChI is InChI=1S/C23H16ClN5O3S/c24-18-7-3-1-5-15(18)13-33-23-26-22-20(27-28-23)17-6-2-4-8-19(17)25-21(32-22)14-9-11-16(12-10-14)29(30)31/h1-12,21,25H,13H2. The van der Waals surface area contributed by atoms with Gasteiger partial charge in [0.1, 0.15) is 0 Å². The van der Waals surface area contributed by atoms with Crippen LogP contribution in [0.5, 0.6) is 5.88 Å². The Bertz CT molecular complexity index is 1340. The Morgan fingerprint density at radius 1 is 1.03 bits per heavy atom. The number of rotatable bonds is 5. The first-order valence-electron chi connectivity index (χ1n) is 9.96. The molecule has 2 heterocycles. The molecule has 10 heteroatoms. The highest BCUT2D eigenvalue weighted by atomic mass is 35.5. The van der Waals surface area contributed by atoms with Gasteiger partial charge in [-0.2, -0.15) is 4.98 Å². The van der Waals surface area contributed by atoms with E-state index in [4.69, 9.17) is 16.3 Å². The van der Waals surface area contributed by atoms with Gasteiger partial charge >= 0.3 is 0 Å². The Morgan fingerprint density at radius 3 is 2.58 bits per heavy atom. The minimum Gasteiger partial charge on any atom is -0.448 e. The summed E-state index contributed by atoms with van der Waals surface area (Å²) in [6.07, 6.45) is -0.619. The maximum absolute atomic E-state index is 11.0. The largest absolute Gasteiger partial charge is 0.448 e. The van der Waals surface area contributed by atoms with Crippen molar-refractivity contribution in [2.45, 2.75) is 17.1 Å². The number of nitrogens with one attached hydrogen (secondary N) is 1. The van der Waals surface area contributed by atoms with Crippen molar-refractivity contribution in [3.05, 3.63) is 99.1 Å². The molecule has 0 saturated carbocycles. The zero-order valence-corrected chi connectivity index (χ0v) is 18.6. The number of para-hydroxylation sites is 1. The second kappa shape index (κ2) is 9.05. The lowest BCUT2D eigenvalue weighted by molar-refractivity contribution is -0.384. The maximum Gasteiger partial charge on any atom is 0.269 e. The smallest absolute Gasteiger partial charge is 0.269 e. The zero-order chi connectivity index (χ0) is 22.8. The van der Waals surface area contributed by atoms with Gasteiger partial charge in [0.25, 0.3) is 5.69 Å². The van der Waals surface area contributed by atoms with Crippen molar-refractivity contribution in [1.82, 2.24) is 15.2 Å². The number of nitrogens with zero attached hydrogens (tertiary/aromatic N) is 4. The summed E-state index contributed by atoms with van der Waals surface area (Å²) in [5, 5.41) is 24.2. The predicted molar refractivity (Wildman–Crippen MR) is 126 cm³/mol. The topological polar surface area (TPSA) is 103 Å². The molecule has 8 nitrogen and oxygen atoms in total. The van der Waals surface area contributed by atoms with E-state index in [-0.39, 0.29) is 5.69 Å². The number of benzene rings is 3. The van der Waals surface area contributed by atoms with Crippen molar-refractivity contribution < 1.29 is 9.66 Å². The first-order chi connectivity index (χ1) is 16.1. The molecule has 0 spiro atoms. The van der Waals surface area contributed by atoms with Crippen LogP contribution in [-0.2, 0) is 5.75 Å². The lowest BCUT2D eigenvalue weighted by Crippen LogP contribution is -2.17. The number of thioether (sulfide) groups is 1. The molecule has 0 bridgehead atoms. The van der Waals surface area contributed by atoms with E-state index in [1.54, 1.807) is 12.1 Å². The van der Waals surface area contributed by atoms with Gasteiger partial charge in [-0.1, -0.05) is 59.8 Å². The Labute approximate surface area is 198 Å². The second-order valence-electron chi connectivity index (χ2n) is 7.16. The summed E-state index contributed by atoms with van der Waals surface area (Å²) in [4.78, 5) is 15.2. The monoisotopic (exact) mass is 477 g/mol. The van der Waals surface area contributed by atoms with Gasteiger partial charge in [-0.25, -0.2) is 0 Å². The minimum absolute atomic E-state index is 0.00965. The van der Waals surface area contributed by atoms with E-state index in [1.165, 1.54) is 23.9 Å². The summed E-state index contributed by atoms with van der Waals surface area (Å²) < 4.78 is 6.21. The van der Waals surface area contributed by atoms with Crippen LogP contribution in [0.3, 0.4) is 0 Å². The van der Waals surface area contributed by atoms with Gasteiger partial charge in [0.15, 0.2) is 11.9 Å². The number of ether oxygens (including phenoxy) is 1. The summed E-state index contributed by atoms with van der Waals surface area (Å²) >= 11 is 7.66. The van der Waals surface area contributed by atoms with Crippen LogP contribution in [0.2, 0.25) is 5.02 Å². The first-order valence-corrected chi connectivity index (χ1v) is 11.3. The molecular formula is C23H16ClN5O3S. The highest BCUT2D eigenvalue weighted by Gasteiger charge is 2.26. The van der Waals surface area contributed by atoms with E-state index in [9.17, 15) is 10.1 Å². The van der Waals surface area contributed by atoms with Crippen LogP contribution in [0.25, 0.3) is 11.3 Å². The van der Waals surface area contributed by atoms with Crippen molar-refractivity contribution in [3.8, 4) is 17.1 Å². The number of hydrogen-bond acceptors (Lipinski definition) is 8. The maximum atomic E-state index is 11.0. The molecule has 164 valence electrons. The quantitative estimate of drug-likeness (QED) is 0.215. The Hall–Kier alpha value is -3.69. The van der Waals surface area contributed by atoms with Crippen molar-refractivity contribution in [1.29, 1.82) is 0 Å². The van der Waals surface area contributed by atoms with Crippen molar-refractivity contribution in [3.63, 3.8) is 0 Å². The molecule has 4 aromatic rings. The van der Waals surface area contributed by atoms with E-state index >= 15 is 0 Å². The van der Waals surface area contributed by atoms with Crippen LogP contribution in [0, 0.1) is 10.1 Å². The molecule has 1 aromatic heterocycles. The lowest BCUT2D eigenvalue weighted by Gasteiger charge is -2.19. The fraction of sp³-hybridized carbons (Fsp3) is 0.0870. The number of halogens is 1. The van der Waals surface area contributed by atoms with E-state index in [2.05, 4.69) is 20.5 Å². The van der Waals surface area contributed by atoms with Gasteiger partial charge in [-0.05, 0) is 29.8 Å². The van der Waals surface area contributed by atoms with Crippen molar-refractivity contribution in [2.24, 2.45) is 0 Å². The number of nitro groups is 1. The number of fused-ring (bicyclic) bond motifs is 3. The van der Waals surface area contributed by atoms with Crippen LogP contribution in [-0.4, -0.2) is 20.1 Å². The van der Waals surface area contributed by atoms with Gasteiger partial charge in [0.05, 0.1) is 4.92 Å². The average molecular weight is 478 g/mol. The number of aromatic nitrogens is 3. The summed E-state index contributed by atoms with van der Waals surface area (Å²) in [7, 11) is 0. The third-order valence-electron chi connectivity index (χ3n) is 5.05. The molecular weight excluding hydrogens is 462 g/mol. The molecule has 0 radical (unpaired) electrons. The molecule has 0 amide bonds. The lowest BCUT2D eigenvalue weighted by atomic mass is 10.1. The Kier molecular flexibility index (Phi) is 5.80. The molecule has 0 fully saturated rings. The number of hydrogen-bond donors (Lipinski definition) is 1. The number of nitro benzene ring substituents is 1. The zero-order valence-electron chi connectivity index (χ0n) is 17.0. The van der Waals surface area contributed by atoms with Crippen LogP contribution in [0.15, 0.2) is 78.0 Å².